The quantitative estimate of drug-likeness (QED) is 0.256. The highest BCUT2D eigenvalue weighted by Gasteiger charge is 2.39. The second kappa shape index (κ2) is 10.9. The summed E-state index contributed by atoms with van der Waals surface area (Å²) in [5, 5.41) is 14.9. The number of sulfonamides is 1. The maximum absolute atomic E-state index is 14.8. The maximum atomic E-state index is 14.8. The number of rotatable bonds is 8. The number of fused-ring (bicyclic) bond motifs is 1. The molecule has 0 bridgehead atoms. The predicted molar refractivity (Wildman–Crippen MR) is 152 cm³/mol. The van der Waals surface area contributed by atoms with Gasteiger partial charge in [-0.15, -0.1) is 0 Å². The monoisotopic (exact) mass is 575 g/mol. The molecule has 2 atom stereocenters. The smallest absolute Gasteiger partial charge is 0.246 e. The highest BCUT2D eigenvalue weighted by molar-refractivity contribution is 7.89. The lowest BCUT2D eigenvalue weighted by Gasteiger charge is -2.31. The minimum Gasteiger partial charge on any atom is -0.508 e. The van der Waals surface area contributed by atoms with Crippen molar-refractivity contribution in [2.24, 2.45) is 5.92 Å². The van der Waals surface area contributed by atoms with Gasteiger partial charge < -0.3 is 5.11 Å². The number of allylic oxidation sites excluding steroid dienone is 1. The lowest BCUT2D eigenvalue weighted by atomic mass is 9.80. The first kappa shape index (κ1) is 27.4. The van der Waals surface area contributed by atoms with E-state index in [4.69, 9.17) is 0 Å². The molecule has 1 N–H and O–H groups in total. The number of hydrogen-bond donors (Lipinski definition) is 1. The maximum Gasteiger partial charge on any atom is 0.246 e. The van der Waals surface area contributed by atoms with Gasteiger partial charge in [-0.1, -0.05) is 48.4 Å². The van der Waals surface area contributed by atoms with Crippen LogP contribution in [0.2, 0.25) is 0 Å². The summed E-state index contributed by atoms with van der Waals surface area (Å²) in [7, 11) is -4.15. The molecule has 9 heteroatoms. The van der Waals surface area contributed by atoms with Gasteiger partial charge in [0.25, 0.3) is 0 Å². The number of nitrogens with zero attached hydrogens (tertiary/aromatic N) is 3. The molecule has 2 aliphatic rings. The van der Waals surface area contributed by atoms with E-state index in [1.165, 1.54) is 45.8 Å². The van der Waals surface area contributed by atoms with Crippen molar-refractivity contribution in [3.63, 3.8) is 0 Å². The molecular formula is C32H31F2N3O3S. The third-order valence-corrected chi connectivity index (χ3v) is 10.3. The SMILES string of the molecule is C[C@@H]1C2=C(CC[C@@H]2CN(CCc2ccccc2O)S(=O)(=O)c2ccccc2F)Cc2c1cnn2-c1ccc(F)cc1. The standard InChI is InChI=1S/C32H31F2N3O3S/c1-21-27-19-35-37(26-14-12-25(33)13-15-26)29(27)18-23-10-11-24(32(21)23)20-36(17-16-22-6-2-4-8-30(22)38)41(39,40)31-9-5-3-7-28(31)34/h2-9,12-15,19,21,24,38H,10-11,16-18,20H2,1H3/t21-,24+/m0/s1. The summed E-state index contributed by atoms with van der Waals surface area (Å²) in [4.78, 5) is -0.343. The van der Waals surface area contributed by atoms with Gasteiger partial charge in [-0.3, -0.25) is 0 Å². The lowest BCUT2D eigenvalue weighted by molar-refractivity contribution is 0.356. The highest BCUT2D eigenvalue weighted by Crippen LogP contribution is 2.47. The van der Waals surface area contributed by atoms with Gasteiger partial charge in [0.2, 0.25) is 10.0 Å². The molecule has 6 nitrogen and oxygen atoms in total. The first-order chi connectivity index (χ1) is 19.7. The molecule has 0 fully saturated rings. The molecule has 0 saturated carbocycles. The van der Waals surface area contributed by atoms with Crippen molar-refractivity contribution in [3.05, 3.63) is 119 Å². The van der Waals surface area contributed by atoms with Gasteiger partial charge in [0.1, 0.15) is 22.3 Å². The van der Waals surface area contributed by atoms with Gasteiger partial charge in [-0.05, 0) is 73.2 Å². The first-order valence-electron chi connectivity index (χ1n) is 13.8. The Kier molecular flexibility index (Phi) is 7.25. The molecule has 0 unspecified atom stereocenters. The summed E-state index contributed by atoms with van der Waals surface area (Å²) in [6.07, 6.45) is 4.48. The van der Waals surface area contributed by atoms with Crippen molar-refractivity contribution in [1.29, 1.82) is 0 Å². The number of aromatic nitrogens is 2. The largest absolute Gasteiger partial charge is 0.508 e. The number of hydrogen-bond acceptors (Lipinski definition) is 4. The van der Waals surface area contributed by atoms with Gasteiger partial charge >= 0.3 is 0 Å². The van der Waals surface area contributed by atoms with Crippen LogP contribution >= 0.6 is 0 Å². The third kappa shape index (κ3) is 5.08. The van der Waals surface area contributed by atoms with Gasteiger partial charge in [0.05, 0.1) is 17.6 Å². The van der Waals surface area contributed by atoms with Crippen molar-refractivity contribution >= 4 is 10.0 Å². The normalized spacial score (nSPS) is 18.5. The molecule has 2 aliphatic carbocycles. The molecule has 0 amide bonds. The summed E-state index contributed by atoms with van der Waals surface area (Å²) >= 11 is 0. The van der Waals surface area contributed by atoms with Crippen molar-refractivity contribution in [2.45, 2.75) is 43.4 Å². The zero-order valence-corrected chi connectivity index (χ0v) is 23.5. The number of phenols is 1. The van der Waals surface area contributed by atoms with E-state index < -0.39 is 15.8 Å². The lowest BCUT2D eigenvalue weighted by Crippen LogP contribution is -2.38. The molecule has 0 saturated heterocycles. The topological polar surface area (TPSA) is 75.4 Å². The van der Waals surface area contributed by atoms with Crippen molar-refractivity contribution in [1.82, 2.24) is 14.1 Å². The molecule has 1 heterocycles. The Bertz CT molecular complexity index is 1730. The van der Waals surface area contributed by atoms with Crippen molar-refractivity contribution < 1.29 is 22.3 Å². The fraction of sp³-hybridized carbons (Fsp3) is 0.281. The van der Waals surface area contributed by atoms with Crippen LogP contribution in [0.3, 0.4) is 0 Å². The number of benzene rings is 3. The molecule has 0 radical (unpaired) electrons. The average molecular weight is 576 g/mol. The highest BCUT2D eigenvalue weighted by atomic mass is 32.2. The van der Waals surface area contributed by atoms with Crippen LogP contribution < -0.4 is 0 Å². The second-order valence-electron chi connectivity index (χ2n) is 10.8. The van der Waals surface area contributed by atoms with Crippen LogP contribution in [-0.4, -0.2) is 40.7 Å². The number of aromatic hydroxyl groups is 1. The zero-order valence-electron chi connectivity index (χ0n) is 22.7. The van der Waals surface area contributed by atoms with Crippen molar-refractivity contribution in [3.8, 4) is 11.4 Å². The minimum absolute atomic E-state index is 0.0339. The van der Waals surface area contributed by atoms with E-state index in [2.05, 4.69) is 12.0 Å². The van der Waals surface area contributed by atoms with E-state index in [-0.39, 0.29) is 41.4 Å². The molecule has 1 aromatic heterocycles. The predicted octanol–water partition coefficient (Wildman–Crippen LogP) is 6.16. The number of para-hydroxylation sites is 1. The number of phenolic OH excluding ortho intramolecular Hbond substituents is 1. The van der Waals surface area contributed by atoms with Gasteiger partial charge in [-0.25, -0.2) is 21.9 Å². The first-order valence-corrected chi connectivity index (χ1v) is 15.2. The molecule has 0 aliphatic heterocycles. The minimum atomic E-state index is -4.15. The van der Waals surface area contributed by atoms with Crippen LogP contribution in [0, 0.1) is 17.6 Å². The summed E-state index contributed by atoms with van der Waals surface area (Å²) in [5.74, 6) is -0.979. The molecule has 3 aromatic carbocycles. The van der Waals surface area contributed by atoms with E-state index in [9.17, 15) is 22.3 Å². The van der Waals surface area contributed by atoms with E-state index in [1.807, 2.05) is 10.9 Å². The Balaban J connectivity index is 1.30. The summed E-state index contributed by atoms with van der Waals surface area (Å²) in [6.45, 7) is 2.45. The van der Waals surface area contributed by atoms with Gasteiger partial charge in [0, 0.05) is 31.0 Å². The Hall–Kier alpha value is -3.82. The van der Waals surface area contributed by atoms with E-state index in [0.717, 1.165) is 35.9 Å². The van der Waals surface area contributed by atoms with Crippen LogP contribution in [-0.2, 0) is 22.9 Å². The Morgan fingerprint density at radius 2 is 1.76 bits per heavy atom. The molecule has 4 aromatic rings. The van der Waals surface area contributed by atoms with Crippen LogP contribution in [0.15, 0.2) is 95.0 Å². The fourth-order valence-corrected chi connectivity index (χ4v) is 7.94. The fourth-order valence-electron chi connectivity index (χ4n) is 6.39. The average Bonchev–Trinajstić information content (AvgIpc) is 3.57. The van der Waals surface area contributed by atoms with E-state index in [0.29, 0.717) is 18.4 Å². The van der Waals surface area contributed by atoms with E-state index in [1.54, 1.807) is 36.4 Å². The summed E-state index contributed by atoms with van der Waals surface area (Å²) in [5.41, 5.74) is 6.09. The van der Waals surface area contributed by atoms with Crippen LogP contribution in [0.4, 0.5) is 8.78 Å². The Morgan fingerprint density at radius 1 is 1.02 bits per heavy atom. The third-order valence-electron chi connectivity index (χ3n) is 8.43. The molecule has 41 heavy (non-hydrogen) atoms. The van der Waals surface area contributed by atoms with Crippen LogP contribution in [0.1, 0.15) is 42.5 Å². The van der Waals surface area contributed by atoms with Gasteiger partial charge in [-0.2, -0.15) is 9.40 Å². The molecule has 212 valence electrons. The number of halogens is 2. The van der Waals surface area contributed by atoms with Gasteiger partial charge in [0.15, 0.2) is 0 Å². The Morgan fingerprint density at radius 3 is 2.51 bits per heavy atom. The zero-order chi connectivity index (χ0) is 28.7. The van der Waals surface area contributed by atoms with Crippen LogP contribution in [0.5, 0.6) is 5.75 Å². The Labute approximate surface area is 238 Å². The van der Waals surface area contributed by atoms with Crippen LogP contribution in [0.25, 0.3) is 5.69 Å². The summed E-state index contributed by atoms with van der Waals surface area (Å²) in [6, 6.07) is 18.6. The second-order valence-corrected chi connectivity index (χ2v) is 12.7. The molecule has 0 spiro atoms. The summed E-state index contributed by atoms with van der Waals surface area (Å²) < 4.78 is 59.2. The molecular weight excluding hydrogens is 544 g/mol. The molecule has 6 rings (SSSR count). The van der Waals surface area contributed by atoms with Crippen molar-refractivity contribution in [2.75, 3.05) is 13.1 Å². The van der Waals surface area contributed by atoms with E-state index >= 15 is 0 Å².